The highest BCUT2D eigenvalue weighted by atomic mass is 127. The molecular weight excluding hydrogens is 333 g/mol. The molecule has 0 unspecified atom stereocenters. The third kappa shape index (κ3) is 6.52. The molecule has 2 aromatic rings. The van der Waals surface area contributed by atoms with Crippen LogP contribution < -0.4 is 21.2 Å². The molecule has 0 aliphatic rings. The lowest BCUT2D eigenvalue weighted by atomic mass is 10.4. The second kappa shape index (κ2) is 7.61. The highest BCUT2D eigenvalue weighted by molar-refractivity contribution is 5.02. The molecule has 0 aromatic heterocycles. The van der Waals surface area contributed by atoms with Crippen molar-refractivity contribution in [2.24, 2.45) is 0 Å². The summed E-state index contributed by atoms with van der Waals surface area (Å²) in [6.45, 7) is 0. The summed E-state index contributed by atoms with van der Waals surface area (Å²) in [6, 6.07) is 21.4. The van der Waals surface area contributed by atoms with Gasteiger partial charge in [0.2, 0.25) is 0 Å². The molecule has 5 heteroatoms. The maximum atomic E-state index is 8.36. The van der Waals surface area contributed by atoms with Crippen molar-refractivity contribution in [3.63, 3.8) is 0 Å². The van der Waals surface area contributed by atoms with Gasteiger partial charge in [-0.3, -0.25) is 0 Å². The third-order valence-electron chi connectivity index (χ3n) is 1.68. The highest BCUT2D eigenvalue weighted by Gasteiger charge is 2.12. The van der Waals surface area contributed by atoms with Crippen molar-refractivity contribution < 1.29 is 31.5 Å². The van der Waals surface area contributed by atoms with Gasteiger partial charge >= 0.3 is 21.2 Å². The van der Waals surface area contributed by atoms with E-state index in [1.165, 1.54) is 7.14 Å². The van der Waals surface area contributed by atoms with E-state index in [1.807, 2.05) is 0 Å². The summed E-state index contributed by atoms with van der Waals surface area (Å²) in [5, 5.41) is 13.6. The summed E-state index contributed by atoms with van der Waals surface area (Å²) < 4.78 is 2.96. The van der Waals surface area contributed by atoms with Crippen LogP contribution in [0.3, 0.4) is 0 Å². The Bertz CT molecular complexity index is 406. The van der Waals surface area contributed by atoms with Crippen molar-refractivity contribution in [1.82, 2.24) is 0 Å². The van der Waals surface area contributed by atoms with Crippen LogP contribution in [-0.2, 0) is 0 Å². The van der Waals surface area contributed by atoms with Crippen LogP contribution in [0, 0.1) is 17.3 Å². The maximum Gasteiger partial charge on any atom is 0.357 e. The quantitative estimate of drug-likeness (QED) is 0.453. The zero-order valence-corrected chi connectivity index (χ0v) is 11.0. The van der Waals surface area contributed by atoms with Crippen molar-refractivity contribution >= 4 is 0 Å². The number of hydrogen-bond acceptors (Lipinski definition) is 2. The molecule has 0 fully saturated rings. The zero-order valence-electron chi connectivity index (χ0n) is 8.86. The van der Waals surface area contributed by atoms with E-state index in [2.05, 4.69) is 60.7 Å². The fourth-order valence-corrected chi connectivity index (χ4v) is 3.35. The van der Waals surface area contributed by atoms with Gasteiger partial charge in [-0.15, -0.1) is 10.1 Å². The second-order valence-electron chi connectivity index (χ2n) is 2.92. The molecule has 4 nitrogen and oxygen atoms in total. The van der Waals surface area contributed by atoms with Crippen LogP contribution in [0.2, 0.25) is 0 Å². The van der Waals surface area contributed by atoms with Gasteiger partial charge in [-0.25, -0.2) is 0 Å². The van der Waals surface area contributed by atoms with Crippen molar-refractivity contribution in [2.75, 3.05) is 0 Å². The summed E-state index contributed by atoms with van der Waals surface area (Å²) >= 11 is 0.0287. The zero-order chi connectivity index (χ0) is 12.5. The smallest absolute Gasteiger partial charge is 0.328 e. The van der Waals surface area contributed by atoms with Crippen LogP contribution in [0.4, 0.5) is 0 Å². The maximum absolute atomic E-state index is 8.36. The molecule has 0 saturated heterocycles. The van der Waals surface area contributed by atoms with E-state index in [1.54, 1.807) is 0 Å². The molecule has 0 bridgehead atoms. The minimum absolute atomic E-state index is 0.0287. The second-order valence-corrected chi connectivity index (χ2v) is 5.95. The number of hydrogen-bond donors (Lipinski definition) is 1. The minimum Gasteiger partial charge on any atom is -0.328 e. The summed E-state index contributed by atoms with van der Waals surface area (Å²) in [5.41, 5.74) is 0. The molecule has 0 amide bonds. The first-order chi connectivity index (χ1) is 8.18. The Hall–Kier alpha value is -1.63. The molecule has 0 saturated carbocycles. The van der Waals surface area contributed by atoms with Crippen LogP contribution in [0.5, 0.6) is 0 Å². The van der Waals surface area contributed by atoms with E-state index >= 15 is 0 Å². The van der Waals surface area contributed by atoms with Crippen LogP contribution in [0.15, 0.2) is 60.7 Å². The molecule has 0 aliphatic carbocycles. The lowest BCUT2D eigenvalue weighted by Gasteiger charge is -1.84. The van der Waals surface area contributed by atoms with Gasteiger partial charge in [-0.2, -0.15) is 0 Å². The largest absolute Gasteiger partial charge is 0.357 e. The monoisotopic (exact) mass is 344 g/mol. The van der Waals surface area contributed by atoms with Gasteiger partial charge in [-0.05, 0) is 24.3 Å². The predicted molar refractivity (Wildman–Crippen MR) is 59.1 cm³/mol. The van der Waals surface area contributed by atoms with Crippen LogP contribution in [0.1, 0.15) is 0 Å². The van der Waals surface area contributed by atoms with Crippen molar-refractivity contribution in [2.45, 2.75) is 0 Å². The molecule has 2 aromatic carbocycles. The summed E-state index contributed by atoms with van der Waals surface area (Å²) in [7, 11) is 0. The van der Waals surface area contributed by atoms with Gasteiger partial charge in [0.05, 0.1) is 0 Å². The Morgan fingerprint density at radius 3 is 1.47 bits per heavy atom. The Balaban J connectivity index is 0.000000317. The first-order valence-electron chi connectivity index (χ1n) is 4.76. The number of halogens is 1. The molecule has 0 radical (unpaired) electrons. The Morgan fingerprint density at radius 1 is 0.882 bits per heavy atom. The van der Waals surface area contributed by atoms with Gasteiger partial charge in [0, 0.05) is 0 Å². The van der Waals surface area contributed by atoms with E-state index in [0.717, 1.165) is 0 Å². The lowest BCUT2D eigenvalue weighted by molar-refractivity contribution is -0.742. The SMILES string of the molecule is O=[N+]([O-])O.c1ccc([I+]c2ccccc2)cc1. The Kier molecular flexibility index (Phi) is 6.02. The third-order valence-corrected chi connectivity index (χ3v) is 4.37. The average Bonchev–Trinajstić information content (AvgIpc) is 2.31. The standard InChI is InChI=1S/C12H10I.HNO3/c1-3-7-11(8-4-1)13-12-9-5-2-6-10-12;2-1(3)4/h1-10H;(H,2,3,4)/q+1;. The normalized spacial score (nSPS) is 8.94. The first-order valence-corrected chi connectivity index (χ1v) is 6.92. The molecular formula is C12H11INO3+. The molecule has 0 spiro atoms. The van der Waals surface area contributed by atoms with Crippen molar-refractivity contribution in [1.29, 1.82) is 0 Å². The van der Waals surface area contributed by atoms with E-state index in [0.29, 0.717) is 0 Å². The van der Waals surface area contributed by atoms with E-state index in [4.69, 9.17) is 15.3 Å². The van der Waals surface area contributed by atoms with E-state index in [-0.39, 0.29) is 21.2 Å². The van der Waals surface area contributed by atoms with Gasteiger partial charge in [-0.1, -0.05) is 36.4 Å². The molecule has 1 N–H and O–H groups in total. The van der Waals surface area contributed by atoms with Gasteiger partial charge < -0.3 is 5.21 Å². The van der Waals surface area contributed by atoms with Crippen LogP contribution in [-0.4, -0.2) is 10.3 Å². The minimum atomic E-state index is -1.50. The van der Waals surface area contributed by atoms with Gasteiger partial charge in [0.25, 0.3) is 5.09 Å². The predicted octanol–water partition coefficient (Wildman–Crippen LogP) is -0.533. The van der Waals surface area contributed by atoms with E-state index < -0.39 is 5.09 Å². The number of benzene rings is 2. The fraction of sp³-hybridized carbons (Fsp3) is 0. The van der Waals surface area contributed by atoms with E-state index in [9.17, 15) is 0 Å². The van der Waals surface area contributed by atoms with Crippen LogP contribution >= 0.6 is 0 Å². The number of rotatable bonds is 2. The molecule has 0 aliphatic heterocycles. The fourth-order valence-electron chi connectivity index (χ4n) is 1.08. The Labute approximate surface area is 109 Å². The number of nitrogens with zero attached hydrogens (tertiary/aromatic N) is 1. The molecule has 0 atom stereocenters. The highest BCUT2D eigenvalue weighted by Crippen LogP contribution is 1.85. The topological polar surface area (TPSA) is 63.4 Å². The molecule has 0 heterocycles. The molecule has 88 valence electrons. The lowest BCUT2D eigenvalue weighted by Crippen LogP contribution is -3.61. The Morgan fingerprint density at radius 2 is 1.18 bits per heavy atom. The van der Waals surface area contributed by atoms with Gasteiger partial charge in [0.15, 0.2) is 7.14 Å². The first kappa shape index (κ1) is 13.4. The van der Waals surface area contributed by atoms with Gasteiger partial charge in [0.1, 0.15) is 0 Å². The van der Waals surface area contributed by atoms with Crippen molar-refractivity contribution in [3.8, 4) is 0 Å². The summed E-state index contributed by atoms with van der Waals surface area (Å²) in [4.78, 5) is 8.36. The summed E-state index contributed by atoms with van der Waals surface area (Å²) in [5.74, 6) is 0. The van der Waals surface area contributed by atoms with Crippen LogP contribution in [0.25, 0.3) is 0 Å². The van der Waals surface area contributed by atoms with Crippen molar-refractivity contribution in [3.05, 3.63) is 77.9 Å². The molecule has 17 heavy (non-hydrogen) atoms. The summed E-state index contributed by atoms with van der Waals surface area (Å²) in [6.07, 6.45) is 0. The molecule has 2 rings (SSSR count). The average molecular weight is 344 g/mol.